The normalized spacial score (nSPS) is 28.6. The molecule has 0 aromatic heterocycles. The van der Waals surface area contributed by atoms with Gasteiger partial charge >= 0.3 is 5.97 Å². The Bertz CT molecular complexity index is 679. The minimum absolute atomic E-state index is 0.0120. The first-order valence-corrected chi connectivity index (χ1v) is 7.30. The SMILES string of the molecule is CC(=O)c1cccc(NC(=O)[C@@H]2[C@@H](C(=O)O)[C@@H]3C=C[C@@H]2C3)c1. The summed E-state index contributed by atoms with van der Waals surface area (Å²) in [5.41, 5.74) is 1.04. The van der Waals surface area contributed by atoms with Crippen LogP contribution in [0.1, 0.15) is 23.7 Å². The van der Waals surface area contributed by atoms with Crippen LogP contribution in [-0.4, -0.2) is 22.8 Å². The molecule has 22 heavy (non-hydrogen) atoms. The summed E-state index contributed by atoms with van der Waals surface area (Å²) in [6, 6.07) is 6.68. The van der Waals surface area contributed by atoms with Crippen molar-refractivity contribution in [2.75, 3.05) is 5.32 Å². The third-order valence-electron chi connectivity index (χ3n) is 4.58. The number of Topliss-reactive ketones (excluding diaryl/α,β-unsaturated/α-hetero) is 1. The highest BCUT2D eigenvalue weighted by atomic mass is 16.4. The van der Waals surface area contributed by atoms with Crippen molar-refractivity contribution in [2.24, 2.45) is 23.7 Å². The van der Waals surface area contributed by atoms with E-state index in [0.717, 1.165) is 6.42 Å². The number of aliphatic carboxylic acids is 1. The van der Waals surface area contributed by atoms with Crippen molar-refractivity contribution in [2.45, 2.75) is 13.3 Å². The van der Waals surface area contributed by atoms with Crippen LogP contribution < -0.4 is 5.32 Å². The lowest BCUT2D eigenvalue weighted by Crippen LogP contribution is -2.36. The molecule has 2 aliphatic carbocycles. The van der Waals surface area contributed by atoms with Crippen LogP contribution in [0.25, 0.3) is 0 Å². The predicted molar refractivity (Wildman–Crippen MR) is 80.4 cm³/mol. The van der Waals surface area contributed by atoms with Gasteiger partial charge in [0.2, 0.25) is 5.91 Å². The minimum Gasteiger partial charge on any atom is -0.481 e. The summed E-state index contributed by atoms with van der Waals surface area (Å²) < 4.78 is 0. The van der Waals surface area contributed by atoms with Gasteiger partial charge in [0.15, 0.2) is 5.78 Å². The lowest BCUT2D eigenvalue weighted by atomic mass is 9.82. The average Bonchev–Trinajstić information content (AvgIpc) is 3.07. The van der Waals surface area contributed by atoms with Gasteiger partial charge in [0.05, 0.1) is 11.8 Å². The summed E-state index contributed by atoms with van der Waals surface area (Å²) in [7, 11) is 0. The monoisotopic (exact) mass is 299 g/mol. The summed E-state index contributed by atoms with van der Waals surface area (Å²) in [6.45, 7) is 1.46. The van der Waals surface area contributed by atoms with Gasteiger partial charge in [-0.05, 0) is 37.3 Å². The van der Waals surface area contributed by atoms with Gasteiger partial charge in [0, 0.05) is 11.3 Å². The molecule has 114 valence electrons. The smallest absolute Gasteiger partial charge is 0.307 e. The van der Waals surface area contributed by atoms with Gasteiger partial charge < -0.3 is 10.4 Å². The van der Waals surface area contributed by atoms with Crippen molar-refractivity contribution in [3.05, 3.63) is 42.0 Å². The average molecular weight is 299 g/mol. The van der Waals surface area contributed by atoms with Crippen LogP contribution in [0.4, 0.5) is 5.69 Å². The standard InChI is InChI=1S/C17H17NO4/c1-9(19)10-3-2-4-13(8-10)18-16(20)14-11-5-6-12(7-11)15(14)17(21)22/h2-6,8,11-12,14-15H,7H2,1H3,(H,18,20)(H,21,22)/t11-,12-,14+,15+/m1/s1. The second kappa shape index (κ2) is 5.40. The summed E-state index contributed by atoms with van der Waals surface area (Å²) in [5.74, 6) is -2.56. The number of nitrogens with one attached hydrogen (secondary N) is 1. The van der Waals surface area contributed by atoms with E-state index in [1.165, 1.54) is 6.92 Å². The minimum atomic E-state index is -0.922. The van der Waals surface area contributed by atoms with Crippen LogP contribution in [0.2, 0.25) is 0 Å². The fourth-order valence-corrected chi connectivity index (χ4v) is 3.56. The first-order chi connectivity index (χ1) is 10.5. The highest BCUT2D eigenvalue weighted by molar-refractivity contribution is 5.99. The zero-order valence-electron chi connectivity index (χ0n) is 12.2. The van der Waals surface area contributed by atoms with Gasteiger partial charge in [-0.1, -0.05) is 24.3 Å². The molecule has 1 aromatic carbocycles. The first kappa shape index (κ1) is 14.5. The zero-order chi connectivity index (χ0) is 15.9. The van der Waals surface area contributed by atoms with Gasteiger partial charge in [0.1, 0.15) is 0 Å². The molecule has 1 fully saturated rings. The lowest BCUT2D eigenvalue weighted by Gasteiger charge is -2.23. The summed E-state index contributed by atoms with van der Waals surface area (Å²) in [4.78, 5) is 35.3. The van der Waals surface area contributed by atoms with Crippen molar-refractivity contribution in [3.63, 3.8) is 0 Å². The number of carboxylic acid groups (broad SMARTS) is 1. The molecule has 5 nitrogen and oxygen atoms in total. The second-order valence-electron chi connectivity index (χ2n) is 5.96. The third-order valence-corrected chi connectivity index (χ3v) is 4.58. The summed E-state index contributed by atoms with van der Waals surface area (Å²) in [6.07, 6.45) is 4.58. The van der Waals surface area contributed by atoms with Gasteiger partial charge in [0.25, 0.3) is 0 Å². The van der Waals surface area contributed by atoms with Crippen LogP contribution in [0, 0.1) is 23.7 Å². The first-order valence-electron chi connectivity index (χ1n) is 7.30. The Labute approximate surface area is 128 Å². The Hall–Kier alpha value is -2.43. The Balaban J connectivity index is 1.80. The number of carbonyl (C=O) groups excluding carboxylic acids is 2. The number of carbonyl (C=O) groups is 3. The Morgan fingerprint density at radius 3 is 2.45 bits per heavy atom. The molecule has 1 aromatic rings. The molecule has 1 saturated carbocycles. The van der Waals surface area contributed by atoms with Crippen molar-refractivity contribution in [3.8, 4) is 0 Å². The Kier molecular flexibility index (Phi) is 3.56. The van der Waals surface area contributed by atoms with Crippen LogP contribution >= 0.6 is 0 Å². The van der Waals surface area contributed by atoms with Gasteiger partial charge in [-0.3, -0.25) is 14.4 Å². The molecule has 1 amide bonds. The third kappa shape index (κ3) is 2.43. The molecule has 5 heteroatoms. The van der Waals surface area contributed by atoms with E-state index in [2.05, 4.69) is 5.32 Å². The van der Waals surface area contributed by atoms with Gasteiger partial charge in [-0.2, -0.15) is 0 Å². The lowest BCUT2D eigenvalue weighted by molar-refractivity contribution is -0.146. The topological polar surface area (TPSA) is 83.5 Å². The van der Waals surface area contributed by atoms with E-state index in [4.69, 9.17) is 0 Å². The fraction of sp³-hybridized carbons (Fsp3) is 0.353. The number of hydrogen-bond donors (Lipinski definition) is 2. The number of benzene rings is 1. The Morgan fingerprint density at radius 1 is 1.14 bits per heavy atom. The molecule has 2 aliphatic rings. The molecule has 3 rings (SSSR count). The van der Waals surface area contributed by atoms with E-state index >= 15 is 0 Å². The molecule has 0 aliphatic heterocycles. The van der Waals surface area contributed by atoms with E-state index in [9.17, 15) is 19.5 Å². The number of ketones is 1. The molecular formula is C17H17NO4. The van der Waals surface area contributed by atoms with E-state index in [1.54, 1.807) is 24.3 Å². The molecule has 2 bridgehead atoms. The fourth-order valence-electron chi connectivity index (χ4n) is 3.56. The van der Waals surface area contributed by atoms with Crippen molar-refractivity contribution >= 4 is 23.3 Å². The molecule has 0 radical (unpaired) electrons. The number of allylic oxidation sites excluding steroid dienone is 2. The summed E-state index contributed by atoms with van der Waals surface area (Å²) >= 11 is 0. The van der Waals surface area contributed by atoms with Gasteiger partial charge in [-0.25, -0.2) is 0 Å². The van der Waals surface area contributed by atoms with Crippen molar-refractivity contribution in [1.29, 1.82) is 0 Å². The molecule has 0 spiro atoms. The van der Waals surface area contributed by atoms with Crippen LogP contribution in [0.3, 0.4) is 0 Å². The molecule has 0 saturated heterocycles. The summed E-state index contributed by atoms with van der Waals surface area (Å²) in [5, 5.41) is 12.1. The Morgan fingerprint density at radius 2 is 1.82 bits per heavy atom. The second-order valence-corrected chi connectivity index (χ2v) is 5.96. The predicted octanol–water partition coefficient (Wildman–Crippen LogP) is 2.35. The largest absolute Gasteiger partial charge is 0.481 e. The molecule has 2 N–H and O–H groups in total. The van der Waals surface area contributed by atoms with Crippen LogP contribution in [-0.2, 0) is 9.59 Å². The highest BCUT2D eigenvalue weighted by Crippen LogP contribution is 2.48. The van der Waals surface area contributed by atoms with Crippen LogP contribution in [0.5, 0.6) is 0 Å². The maximum absolute atomic E-state index is 12.5. The molecular weight excluding hydrogens is 282 g/mol. The maximum atomic E-state index is 12.5. The number of hydrogen-bond acceptors (Lipinski definition) is 3. The number of anilines is 1. The maximum Gasteiger partial charge on any atom is 0.307 e. The zero-order valence-corrected chi connectivity index (χ0v) is 12.2. The van der Waals surface area contributed by atoms with Crippen molar-refractivity contribution in [1.82, 2.24) is 0 Å². The van der Waals surface area contributed by atoms with E-state index in [0.29, 0.717) is 11.3 Å². The number of rotatable bonds is 4. The van der Waals surface area contributed by atoms with Gasteiger partial charge in [-0.15, -0.1) is 0 Å². The quantitative estimate of drug-likeness (QED) is 0.660. The highest BCUT2D eigenvalue weighted by Gasteiger charge is 2.51. The number of fused-ring (bicyclic) bond motifs is 2. The number of carboxylic acids is 1. The van der Waals surface area contributed by atoms with E-state index < -0.39 is 17.8 Å². The molecule has 0 unspecified atom stereocenters. The van der Waals surface area contributed by atoms with Crippen LogP contribution in [0.15, 0.2) is 36.4 Å². The van der Waals surface area contributed by atoms with E-state index in [-0.39, 0.29) is 23.5 Å². The van der Waals surface area contributed by atoms with E-state index in [1.807, 2.05) is 12.2 Å². The molecule has 0 heterocycles. The van der Waals surface area contributed by atoms with Crippen molar-refractivity contribution < 1.29 is 19.5 Å². The molecule has 4 atom stereocenters. The number of amides is 1.